The van der Waals surface area contributed by atoms with E-state index in [9.17, 15) is 4.79 Å². The molecule has 0 heterocycles. The van der Waals surface area contributed by atoms with E-state index in [1.807, 2.05) is 0 Å². The maximum Gasteiger partial charge on any atom is 0.315 e. The van der Waals surface area contributed by atoms with E-state index in [2.05, 4.69) is 4.74 Å². The first-order chi connectivity index (χ1) is 6.65. The molecular formula is C9H10ClNO2S. The Morgan fingerprint density at radius 2 is 2.36 bits per heavy atom. The second-order valence-corrected chi connectivity index (χ2v) is 3.92. The number of hydrogen-bond acceptors (Lipinski definition) is 4. The predicted octanol–water partition coefficient (Wildman–Crippen LogP) is 2.19. The lowest BCUT2D eigenvalue weighted by Gasteiger charge is -2.05. The van der Waals surface area contributed by atoms with Crippen LogP contribution in [-0.4, -0.2) is 18.8 Å². The number of benzene rings is 1. The number of halogens is 1. The van der Waals surface area contributed by atoms with Crippen molar-refractivity contribution in [3.63, 3.8) is 0 Å². The molecule has 0 aliphatic carbocycles. The highest BCUT2D eigenvalue weighted by Crippen LogP contribution is 2.32. The number of ether oxygens (including phenoxy) is 1. The highest BCUT2D eigenvalue weighted by Gasteiger charge is 2.08. The fourth-order valence-electron chi connectivity index (χ4n) is 0.868. The molecule has 5 heteroatoms. The second-order valence-electron chi connectivity index (χ2n) is 2.52. The molecule has 0 spiro atoms. The van der Waals surface area contributed by atoms with Crippen molar-refractivity contribution in [2.24, 2.45) is 0 Å². The number of thioether (sulfide) groups is 1. The fraction of sp³-hybridized carbons (Fsp3) is 0.222. The van der Waals surface area contributed by atoms with Gasteiger partial charge in [-0.15, -0.1) is 11.8 Å². The lowest BCUT2D eigenvalue weighted by Crippen LogP contribution is -2.03. The molecule has 0 bridgehead atoms. The van der Waals surface area contributed by atoms with Gasteiger partial charge in [0, 0.05) is 10.6 Å². The van der Waals surface area contributed by atoms with Crippen molar-refractivity contribution < 1.29 is 9.53 Å². The number of esters is 1. The maximum atomic E-state index is 10.9. The lowest BCUT2D eigenvalue weighted by molar-refractivity contribution is -0.137. The van der Waals surface area contributed by atoms with Crippen LogP contribution in [0.4, 0.5) is 5.69 Å². The quantitative estimate of drug-likeness (QED) is 0.492. The summed E-state index contributed by atoms with van der Waals surface area (Å²) >= 11 is 7.18. The summed E-state index contributed by atoms with van der Waals surface area (Å²) in [7, 11) is 1.35. The number of anilines is 1. The Balaban J connectivity index is 2.71. The molecule has 0 saturated heterocycles. The molecule has 3 nitrogen and oxygen atoms in total. The Kier molecular flexibility index (Phi) is 4.10. The van der Waals surface area contributed by atoms with Gasteiger partial charge < -0.3 is 10.5 Å². The molecule has 0 atom stereocenters. The molecule has 0 unspecified atom stereocenters. The summed E-state index contributed by atoms with van der Waals surface area (Å²) in [4.78, 5) is 11.6. The standard InChI is InChI=1S/C9H10ClNO2S/c1-13-8(12)5-14-9-6(10)3-2-4-7(9)11/h2-4H,5,11H2,1H3. The molecule has 2 N–H and O–H groups in total. The molecule has 1 rings (SSSR count). The van der Waals surface area contributed by atoms with Crippen LogP contribution in [0.2, 0.25) is 5.02 Å². The number of nitrogens with two attached hydrogens (primary N) is 1. The van der Waals surface area contributed by atoms with E-state index < -0.39 is 0 Å². The van der Waals surface area contributed by atoms with Crippen LogP contribution in [0.3, 0.4) is 0 Å². The summed E-state index contributed by atoms with van der Waals surface area (Å²) in [5.74, 6) is -0.0842. The van der Waals surface area contributed by atoms with Crippen molar-refractivity contribution in [2.45, 2.75) is 4.90 Å². The Morgan fingerprint density at radius 3 is 2.93 bits per heavy atom. The lowest BCUT2D eigenvalue weighted by atomic mass is 10.3. The van der Waals surface area contributed by atoms with Gasteiger partial charge in [0.05, 0.1) is 17.9 Å². The molecule has 1 aromatic carbocycles. The molecule has 0 aliphatic heterocycles. The first-order valence-electron chi connectivity index (χ1n) is 3.88. The van der Waals surface area contributed by atoms with E-state index in [0.29, 0.717) is 10.7 Å². The molecule has 76 valence electrons. The Hall–Kier alpha value is -0.870. The zero-order valence-electron chi connectivity index (χ0n) is 7.62. The summed E-state index contributed by atoms with van der Waals surface area (Å²) in [5, 5.41) is 0.555. The van der Waals surface area contributed by atoms with Gasteiger partial charge in [-0.3, -0.25) is 4.79 Å². The van der Waals surface area contributed by atoms with Gasteiger partial charge in [-0.25, -0.2) is 0 Å². The minimum Gasteiger partial charge on any atom is -0.468 e. The monoisotopic (exact) mass is 231 g/mol. The first-order valence-corrected chi connectivity index (χ1v) is 5.25. The minimum atomic E-state index is -0.297. The molecule has 0 aromatic heterocycles. The fourth-order valence-corrected chi connectivity index (χ4v) is 2.03. The number of rotatable bonds is 3. The Labute approximate surface area is 91.6 Å². The number of nitrogen functional groups attached to an aromatic ring is 1. The summed E-state index contributed by atoms with van der Waals surface area (Å²) in [6.07, 6.45) is 0. The van der Waals surface area contributed by atoms with Crippen molar-refractivity contribution in [3.8, 4) is 0 Å². The van der Waals surface area contributed by atoms with Crippen molar-refractivity contribution in [1.82, 2.24) is 0 Å². The molecule has 0 fully saturated rings. The van der Waals surface area contributed by atoms with Gasteiger partial charge in [0.2, 0.25) is 0 Å². The van der Waals surface area contributed by atoms with E-state index in [0.717, 1.165) is 4.90 Å². The molecule has 14 heavy (non-hydrogen) atoms. The summed E-state index contributed by atoms with van der Waals surface area (Å²) in [6, 6.07) is 5.24. The third kappa shape index (κ3) is 2.82. The van der Waals surface area contributed by atoms with Crippen LogP contribution >= 0.6 is 23.4 Å². The molecule has 0 amide bonds. The van der Waals surface area contributed by atoms with Gasteiger partial charge in [0.15, 0.2) is 0 Å². The largest absolute Gasteiger partial charge is 0.468 e. The third-order valence-corrected chi connectivity index (χ3v) is 3.11. The van der Waals surface area contributed by atoms with Crippen LogP contribution in [0.25, 0.3) is 0 Å². The Bertz CT molecular complexity index is 323. The Morgan fingerprint density at radius 1 is 1.64 bits per heavy atom. The van der Waals surface area contributed by atoms with Gasteiger partial charge in [0.1, 0.15) is 0 Å². The van der Waals surface area contributed by atoms with Crippen LogP contribution < -0.4 is 5.73 Å². The topological polar surface area (TPSA) is 52.3 Å². The molecule has 0 saturated carbocycles. The molecule has 1 aromatic rings. The average molecular weight is 232 g/mol. The van der Waals surface area contributed by atoms with E-state index in [4.69, 9.17) is 17.3 Å². The maximum absolute atomic E-state index is 10.9. The highest BCUT2D eigenvalue weighted by atomic mass is 35.5. The molecular weight excluding hydrogens is 222 g/mol. The van der Waals surface area contributed by atoms with E-state index in [1.54, 1.807) is 18.2 Å². The highest BCUT2D eigenvalue weighted by molar-refractivity contribution is 8.00. The van der Waals surface area contributed by atoms with Crippen molar-refractivity contribution in [3.05, 3.63) is 23.2 Å². The number of hydrogen-bond donors (Lipinski definition) is 1. The summed E-state index contributed by atoms with van der Waals surface area (Å²) in [6.45, 7) is 0. The van der Waals surface area contributed by atoms with Crippen LogP contribution in [0, 0.1) is 0 Å². The first kappa shape index (κ1) is 11.2. The summed E-state index contributed by atoms with van der Waals surface area (Å²) < 4.78 is 4.51. The minimum absolute atomic E-state index is 0.213. The van der Waals surface area contributed by atoms with Gasteiger partial charge in [-0.1, -0.05) is 17.7 Å². The van der Waals surface area contributed by atoms with Gasteiger partial charge in [0.25, 0.3) is 0 Å². The normalized spacial score (nSPS) is 9.86. The van der Waals surface area contributed by atoms with Gasteiger partial charge in [-0.2, -0.15) is 0 Å². The van der Waals surface area contributed by atoms with E-state index in [1.165, 1.54) is 18.9 Å². The van der Waals surface area contributed by atoms with E-state index >= 15 is 0 Å². The zero-order chi connectivity index (χ0) is 10.6. The van der Waals surface area contributed by atoms with Crippen LogP contribution in [-0.2, 0) is 9.53 Å². The molecule has 0 aliphatic rings. The van der Waals surface area contributed by atoms with Crippen LogP contribution in [0.1, 0.15) is 0 Å². The number of carbonyl (C=O) groups excluding carboxylic acids is 1. The van der Waals surface area contributed by atoms with Crippen molar-refractivity contribution in [1.29, 1.82) is 0 Å². The number of carbonyl (C=O) groups is 1. The third-order valence-electron chi connectivity index (χ3n) is 1.56. The van der Waals surface area contributed by atoms with E-state index in [-0.39, 0.29) is 11.7 Å². The van der Waals surface area contributed by atoms with Gasteiger partial charge in [-0.05, 0) is 12.1 Å². The number of methoxy groups -OCH3 is 1. The average Bonchev–Trinajstić information content (AvgIpc) is 2.16. The van der Waals surface area contributed by atoms with Crippen molar-refractivity contribution in [2.75, 3.05) is 18.6 Å². The predicted molar refractivity (Wildman–Crippen MR) is 58.6 cm³/mol. The SMILES string of the molecule is COC(=O)CSc1c(N)cccc1Cl. The molecule has 0 radical (unpaired) electrons. The smallest absolute Gasteiger partial charge is 0.315 e. The van der Waals surface area contributed by atoms with Crippen molar-refractivity contribution >= 4 is 35.0 Å². The zero-order valence-corrected chi connectivity index (χ0v) is 9.19. The van der Waals surface area contributed by atoms with Crippen LogP contribution in [0.15, 0.2) is 23.1 Å². The second kappa shape index (κ2) is 5.12. The summed E-state index contributed by atoms with van der Waals surface area (Å²) in [5.41, 5.74) is 6.27. The van der Waals surface area contributed by atoms with Crippen LogP contribution in [0.5, 0.6) is 0 Å². The van der Waals surface area contributed by atoms with Gasteiger partial charge >= 0.3 is 5.97 Å².